The zero-order valence-corrected chi connectivity index (χ0v) is 16.0. The van der Waals surface area contributed by atoms with Crippen molar-refractivity contribution in [1.82, 2.24) is 4.90 Å². The van der Waals surface area contributed by atoms with E-state index in [4.69, 9.17) is 4.74 Å². The molecule has 1 aliphatic rings. The van der Waals surface area contributed by atoms with Crippen molar-refractivity contribution in [3.05, 3.63) is 48.0 Å². The van der Waals surface area contributed by atoms with Gasteiger partial charge < -0.3 is 9.64 Å². The number of ketones is 1. The van der Waals surface area contributed by atoms with E-state index in [1.54, 1.807) is 6.08 Å². The van der Waals surface area contributed by atoms with Gasteiger partial charge in [0.05, 0.1) is 0 Å². The van der Waals surface area contributed by atoms with E-state index in [0.717, 1.165) is 44.2 Å². The number of ether oxygens (including phenoxy) is 1. The van der Waals surface area contributed by atoms with Gasteiger partial charge in [0.1, 0.15) is 6.61 Å². The Kier molecular flexibility index (Phi) is 8.39. The number of hydrogen-bond donors (Lipinski definition) is 0. The second-order valence-corrected chi connectivity index (χ2v) is 7.08. The molecule has 2 atom stereocenters. The van der Waals surface area contributed by atoms with Gasteiger partial charge in [-0.15, -0.1) is 0 Å². The van der Waals surface area contributed by atoms with E-state index >= 15 is 0 Å². The van der Waals surface area contributed by atoms with Gasteiger partial charge in [-0.25, -0.2) is 4.79 Å². The minimum atomic E-state index is -0.258. The van der Waals surface area contributed by atoms with E-state index < -0.39 is 0 Å². The van der Waals surface area contributed by atoms with Gasteiger partial charge in [0, 0.05) is 19.0 Å². The molecule has 1 amide bonds. The zero-order chi connectivity index (χ0) is 18.8. The number of allylic oxidation sites excluding steroid dienone is 1. The van der Waals surface area contributed by atoms with Crippen LogP contribution < -0.4 is 0 Å². The Morgan fingerprint density at radius 1 is 1.27 bits per heavy atom. The van der Waals surface area contributed by atoms with Crippen LogP contribution in [0, 0.1) is 5.92 Å². The van der Waals surface area contributed by atoms with Crippen molar-refractivity contribution >= 4 is 11.9 Å². The molecule has 26 heavy (non-hydrogen) atoms. The number of amides is 1. The number of carbonyl (C=O) groups excluding carboxylic acids is 2. The van der Waals surface area contributed by atoms with E-state index in [2.05, 4.69) is 13.8 Å². The summed E-state index contributed by atoms with van der Waals surface area (Å²) in [5, 5.41) is 0. The van der Waals surface area contributed by atoms with E-state index in [9.17, 15) is 9.59 Å². The fourth-order valence-corrected chi connectivity index (χ4v) is 3.39. The first-order valence-corrected chi connectivity index (χ1v) is 9.80. The second-order valence-electron chi connectivity index (χ2n) is 7.08. The molecule has 0 radical (unpaired) electrons. The summed E-state index contributed by atoms with van der Waals surface area (Å²) in [6.45, 7) is 5.22. The average Bonchev–Trinajstić information content (AvgIpc) is 3.15. The molecular weight excluding hydrogens is 326 g/mol. The lowest BCUT2D eigenvalue weighted by atomic mass is 9.98. The minimum absolute atomic E-state index is 0.109. The van der Waals surface area contributed by atoms with Gasteiger partial charge in [-0.05, 0) is 36.8 Å². The van der Waals surface area contributed by atoms with E-state index in [0.29, 0.717) is 13.0 Å². The molecule has 1 aromatic rings. The summed E-state index contributed by atoms with van der Waals surface area (Å²) in [5.74, 6) is 0.332. The topological polar surface area (TPSA) is 46.6 Å². The molecule has 1 saturated heterocycles. The number of unbranched alkanes of at least 4 members (excludes halogenated alkanes) is 2. The Hall–Kier alpha value is -2.10. The molecule has 0 N–H and O–H groups in total. The maximum atomic E-state index is 12.5. The quantitative estimate of drug-likeness (QED) is 0.455. The van der Waals surface area contributed by atoms with Crippen molar-refractivity contribution in [3.63, 3.8) is 0 Å². The van der Waals surface area contributed by atoms with Crippen molar-refractivity contribution < 1.29 is 14.3 Å². The molecule has 0 unspecified atom stereocenters. The molecule has 1 aliphatic heterocycles. The molecule has 0 aliphatic carbocycles. The van der Waals surface area contributed by atoms with Gasteiger partial charge in [-0.1, -0.05) is 63.1 Å². The number of nitrogens with zero attached hydrogens (tertiary/aromatic N) is 1. The van der Waals surface area contributed by atoms with Gasteiger partial charge in [0.2, 0.25) is 0 Å². The smallest absolute Gasteiger partial charge is 0.410 e. The summed E-state index contributed by atoms with van der Waals surface area (Å²) in [6, 6.07) is 9.82. The SMILES string of the molecule is CCCCCC(=O)/C=C/[C@@H](C)[C@@H]1CCCN1C(=O)OCc1ccccc1. The predicted octanol–water partition coefficient (Wildman–Crippen LogP) is 5.13. The van der Waals surface area contributed by atoms with E-state index in [1.807, 2.05) is 41.3 Å². The molecule has 0 bridgehead atoms. The number of carbonyl (C=O) groups is 2. The lowest BCUT2D eigenvalue weighted by Gasteiger charge is -2.27. The highest BCUT2D eigenvalue weighted by Crippen LogP contribution is 2.26. The monoisotopic (exact) mass is 357 g/mol. The van der Waals surface area contributed by atoms with Crippen LogP contribution in [0.1, 0.15) is 57.9 Å². The highest BCUT2D eigenvalue weighted by Gasteiger charge is 2.32. The van der Waals surface area contributed by atoms with Gasteiger partial charge in [-0.3, -0.25) is 4.79 Å². The Labute approximate surface area is 157 Å². The summed E-state index contributed by atoms with van der Waals surface area (Å²) in [6.07, 6.45) is 9.12. The molecule has 142 valence electrons. The van der Waals surface area contributed by atoms with Crippen LogP contribution in [0.2, 0.25) is 0 Å². The molecule has 1 aromatic carbocycles. The summed E-state index contributed by atoms with van der Waals surface area (Å²) in [4.78, 5) is 26.2. The molecule has 0 aromatic heterocycles. The van der Waals surface area contributed by atoms with Crippen molar-refractivity contribution in [1.29, 1.82) is 0 Å². The Morgan fingerprint density at radius 3 is 2.77 bits per heavy atom. The average molecular weight is 357 g/mol. The summed E-state index contributed by atoms with van der Waals surface area (Å²) < 4.78 is 5.48. The van der Waals surface area contributed by atoms with Crippen LogP contribution in [-0.2, 0) is 16.1 Å². The Balaban J connectivity index is 1.83. The molecule has 4 nitrogen and oxygen atoms in total. The van der Waals surface area contributed by atoms with Crippen LogP contribution in [-0.4, -0.2) is 29.4 Å². The lowest BCUT2D eigenvalue weighted by Crippen LogP contribution is -2.39. The largest absolute Gasteiger partial charge is 0.445 e. The van der Waals surface area contributed by atoms with Crippen LogP contribution in [0.15, 0.2) is 42.5 Å². The van der Waals surface area contributed by atoms with Crippen molar-refractivity contribution in [2.75, 3.05) is 6.54 Å². The molecule has 0 saturated carbocycles. The first-order valence-electron chi connectivity index (χ1n) is 9.80. The summed E-state index contributed by atoms with van der Waals surface area (Å²) >= 11 is 0. The number of rotatable bonds is 9. The molecular formula is C22H31NO3. The minimum Gasteiger partial charge on any atom is -0.445 e. The lowest BCUT2D eigenvalue weighted by molar-refractivity contribution is -0.114. The highest BCUT2D eigenvalue weighted by atomic mass is 16.6. The summed E-state index contributed by atoms with van der Waals surface area (Å²) in [7, 11) is 0. The van der Waals surface area contributed by atoms with Crippen LogP contribution in [0.4, 0.5) is 4.79 Å². The maximum absolute atomic E-state index is 12.5. The molecule has 1 fully saturated rings. The molecule has 0 spiro atoms. The van der Waals surface area contributed by atoms with Crippen molar-refractivity contribution in [2.45, 2.75) is 65.0 Å². The summed E-state index contributed by atoms with van der Waals surface area (Å²) in [5.41, 5.74) is 0.988. The molecule has 2 rings (SSSR count). The Morgan fingerprint density at radius 2 is 2.04 bits per heavy atom. The van der Waals surface area contributed by atoms with E-state index in [1.165, 1.54) is 0 Å². The third-order valence-corrected chi connectivity index (χ3v) is 4.96. The fourth-order valence-electron chi connectivity index (χ4n) is 3.39. The molecule has 1 heterocycles. The Bertz CT molecular complexity index is 597. The van der Waals surface area contributed by atoms with Crippen molar-refractivity contribution in [2.24, 2.45) is 5.92 Å². The van der Waals surface area contributed by atoms with Crippen LogP contribution in [0.5, 0.6) is 0 Å². The van der Waals surface area contributed by atoms with Crippen LogP contribution in [0.3, 0.4) is 0 Å². The number of likely N-dealkylation sites (tertiary alicyclic amines) is 1. The standard InChI is InChI=1S/C22H31NO3/c1-3-4-6-12-20(24)15-14-18(2)21-13-9-16-23(21)22(25)26-17-19-10-7-5-8-11-19/h5,7-8,10-11,14-15,18,21H,3-4,6,9,12-13,16-17H2,1-2H3/b15-14+/t18-,21+/m1/s1. The maximum Gasteiger partial charge on any atom is 0.410 e. The normalized spacial score (nSPS) is 18.2. The first-order chi connectivity index (χ1) is 12.6. The van der Waals surface area contributed by atoms with Crippen LogP contribution in [0.25, 0.3) is 0 Å². The van der Waals surface area contributed by atoms with Crippen LogP contribution >= 0.6 is 0 Å². The highest BCUT2D eigenvalue weighted by molar-refractivity contribution is 5.89. The fraction of sp³-hybridized carbons (Fsp3) is 0.545. The number of benzene rings is 1. The second kappa shape index (κ2) is 10.8. The van der Waals surface area contributed by atoms with Gasteiger partial charge in [0.15, 0.2) is 5.78 Å². The number of hydrogen-bond acceptors (Lipinski definition) is 3. The zero-order valence-electron chi connectivity index (χ0n) is 16.0. The van der Waals surface area contributed by atoms with Gasteiger partial charge in [0.25, 0.3) is 0 Å². The predicted molar refractivity (Wildman–Crippen MR) is 104 cm³/mol. The van der Waals surface area contributed by atoms with Crippen molar-refractivity contribution in [3.8, 4) is 0 Å². The van der Waals surface area contributed by atoms with Gasteiger partial charge in [-0.2, -0.15) is 0 Å². The first kappa shape index (κ1) is 20.2. The molecule has 4 heteroatoms. The third kappa shape index (κ3) is 6.32. The third-order valence-electron chi connectivity index (χ3n) is 4.96. The van der Waals surface area contributed by atoms with E-state index in [-0.39, 0.29) is 23.8 Å². The van der Waals surface area contributed by atoms with Gasteiger partial charge >= 0.3 is 6.09 Å².